The number of nitrogens with zero attached hydrogens (tertiary/aromatic N) is 1. The zero-order valence-corrected chi connectivity index (χ0v) is 3.97. The Morgan fingerprint density at radius 2 is 2.40 bits per heavy atom. The van der Waals surface area contributed by atoms with Crippen molar-refractivity contribution >= 4 is 21.8 Å². The molecule has 0 aliphatic rings. The van der Waals surface area contributed by atoms with E-state index in [1.807, 2.05) is 0 Å². The van der Waals surface area contributed by atoms with Crippen LogP contribution in [0.3, 0.4) is 0 Å². The lowest BCUT2D eigenvalue weighted by molar-refractivity contribution is 1.57. The third-order valence-corrected chi connectivity index (χ3v) is 0.768. The van der Waals surface area contributed by atoms with Crippen molar-refractivity contribution < 1.29 is 0 Å². The van der Waals surface area contributed by atoms with Crippen molar-refractivity contribution in [1.82, 2.24) is 0 Å². The molecule has 0 amide bonds. The summed E-state index contributed by atoms with van der Waals surface area (Å²) >= 11 is 0. The molecular formula is CH2N2S2. The fourth-order valence-electron chi connectivity index (χ4n) is 0.0215. The molecule has 28 valence electrons. The van der Waals surface area contributed by atoms with Crippen molar-refractivity contribution in [2.24, 2.45) is 5.14 Å². The molecule has 0 saturated carbocycles. The molecule has 0 aromatic carbocycles. The Hall–Kier alpha value is 0.150. The van der Waals surface area contributed by atoms with Crippen LogP contribution in [-0.4, -0.2) is 0 Å². The summed E-state index contributed by atoms with van der Waals surface area (Å²) in [6.45, 7) is 0. The van der Waals surface area contributed by atoms with Crippen LogP contribution < -0.4 is 5.14 Å². The molecule has 0 spiro atoms. The summed E-state index contributed by atoms with van der Waals surface area (Å²) in [6, 6.07) is 0. The first-order chi connectivity index (χ1) is 2.41. The van der Waals surface area contributed by atoms with Crippen LogP contribution in [0.2, 0.25) is 0 Å². The largest absolute Gasteiger partial charge is 0.268 e. The van der Waals surface area contributed by atoms with Gasteiger partial charge in [0.15, 0.2) is 0 Å². The van der Waals surface area contributed by atoms with E-state index in [2.05, 4.69) is 0 Å². The molecule has 0 aliphatic carbocycles. The molecule has 0 atom stereocenters. The standard InChI is InChI=1S/CH2N2S2/c2-1-4-5-3/h3H2. The fraction of sp³-hybridized carbons (Fsp3) is 0. The topological polar surface area (TPSA) is 49.8 Å². The predicted octanol–water partition coefficient (Wildman–Crippen LogP) is 0.723. The first kappa shape index (κ1) is 5.15. The van der Waals surface area contributed by atoms with E-state index in [4.69, 9.17) is 10.4 Å². The molecular weight excluding hydrogens is 104 g/mol. The minimum absolute atomic E-state index is 0.957. The number of hydrogen-bond donors (Lipinski definition) is 1. The Bertz CT molecular complexity index is 46.1. The third kappa shape index (κ3) is 4.15. The molecule has 0 heterocycles. The van der Waals surface area contributed by atoms with E-state index in [-0.39, 0.29) is 0 Å². The van der Waals surface area contributed by atoms with Gasteiger partial charge in [-0.3, -0.25) is 5.14 Å². The highest BCUT2D eigenvalue weighted by molar-refractivity contribution is 8.77. The van der Waals surface area contributed by atoms with Crippen molar-refractivity contribution in [1.29, 1.82) is 5.26 Å². The summed E-state index contributed by atoms with van der Waals surface area (Å²) in [5, 5.41) is 14.2. The van der Waals surface area contributed by atoms with E-state index in [0.29, 0.717) is 0 Å². The lowest BCUT2D eigenvalue weighted by Gasteiger charge is -1.66. The van der Waals surface area contributed by atoms with Crippen LogP contribution in [0.4, 0.5) is 0 Å². The van der Waals surface area contributed by atoms with Crippen LogP contribution in [-0.2, 0) is 0 Å². The van der Waals surface area contributed by atoms with Crippen LogP contribution >= 0.6 is 21.8 Å². The van der Waals surface area contributed by atoms with Crippen LogP contribution in [0.25, 0.3) is 0 Å². The Morgan fingerprint density at radius 3 is 2.40 bits per heavy atom. The Kier molecular flexibility index (Phi) is 4.27. The fourth-order valence-corrected chi connectivity index (χ4v) is 0.194. The molecule has 0 fully saturated rings. The molecule has 0 aromatic heterocycles. The predicted molar refractivity (Wildman–Crippen MR) is 25.0 cm³/mol. The Labute approximate surface area is 38.3 Å². The summed E-state index contributed by atoms with van der Waals surface area (Å²) < 4.78 is 0. The molecule has 2 N–H and O–H groups in total. The van der Waals surface area contributed by atoms with Gasteiger partial charge in [-0.1, -0.05) is 0 Å². The maximum Gasteiger partial charge on any atom is 0.146 e. The van der Waals surface area contributed by atoms with Crippen LogP contribution in [0.1, 0.15) is 0 Å². The molecule has 2 nitrogen and oxygen atoms in total. The summed E-state index contributed by atoms with van der Waals surface area (Å²) in [5.41, 5.74) is 0. The highest BCUT2D eigenvalue weighted by Crippen LogP contribution is 2.08. The molecule has 0 saturated heterocycles. The minimum atomic E-state index is 0.957. The molecule has 4 heteroatoms. The summed E-state index contributed by atoms with van der Waals surface area (Å²) in [6.07, 6.45) is 0. The molecule has 0 rings (SSSR count). The van der Waals surface area contributed by atoms with Gasteiger partial charge in [0.25, 0.3) is 0 Å². The summed E-state index contributed by atoms with van der Waals surface area (Å²) in [4.78, 5) is 0. The van der Waals surface area contributed by atoms with E-state index in [1.54, 1.807) is 5.40 Å². The van der Waals surface area contributed by atoms with Gasteiger partial charge >= 0.3 is 0 Å². The SMILES string of the molecule is N#CSSN. The van der Waals surface area contributed by atoms with Gasteiger partial charge in [0.2, 0.25) is 0 Å². The quantitative estimate of drug-likeness (QED) is 0.304. The average Bonchev–Trinajstić information content (AvgIpc) is 1.41. The Morgan fingerprint density at radius 1 is 1.80 bits per heavy atom. The molecule has 0 aliphatic heterocycles. The van der Waals surface area contributed by atoms with E-state index < -0.39 is 0 Å². The number of thiocyanates is 1. The minimum Gasteiger partial charge on any atom is -0.268 e. The highest BCUT2D eigenvalue weighted by Gasteiger charge is 1.66. The normalized spacial score (nSPS) is 6.40. The average molecular weight is 106 g/mol. The first-order valence-corrected chi connectivity index (χ1v) is 3.04. The lowest BCUT2D eigenvalue weighted by atomic mass is 11.8. The molecule has 0 bridgehead atoms. The van der Waals surface area contributed by atoms with Crippen LogP contribution in [0, 0.1) is 10.7 Å². The summed E-state index contributed by atoms with van der Waals surface area (Å²) in [5.74, 6) is 0. The maximum absolute atomic E-state index is 7.68. The second-order valence-electron chi connectivity index (χ2n) is 0.271. The van der Waals surface area contributed by atoms with Crippen molar-refractivity contribution in [3.05, 3.63) is 0 Å². The van der Waals surface area contributed by atoms with Crippen LogP contribution in [0.5, 0.6) is 0 Å². The van der Waals surface area contributed by atoms with Gasteiger partial charge in [-0.05, 0) is 0 Å². The number of rotatable bonds is 1. The van der Waals surface area contributed by atoms with Gasteiger partial charge in [-0.2, -0.15) is 5.26 Å². The summed E-state index contributed by atoms with van der Waals surface area (Å²) in [7, 11) is 1.92. The molecule has 5 heavy (non-hydrogen) atoms. The van der Waals surface area contributed by atoms with E-state index >= 15 is 0 Å². The van der Waals surface area contributed by atoms with Crippen LogP contribution in [0.15, 0.2) is 0 Å². The number of nitrogens with two attached hydrogens (primary N) is 1. The van der Waals surface area contributed by atoms with Gasteiger partial charge in [0, 0.05) is 21.8 Å². The van der Waals surface area contributed by atoms with Crippen molar-refractivity contribution in [3.63, 3.8) is 0 Å². The van der Waals surface area contributed by atoms with Gasteiger partial charge in [0.1, 0.15) is 5.40 Å². The zero-order valence-electron chi connectivity index (χ0n) is 2.34. The maximum atomic E-state index is 7.68. The van der Waals surface area contributed by atoms with Gasteiger partial charge in [0.05, 0.1) is 0 Å². The second kappa shape index (κ2) is 4.15. The van der Waals surface area contributed by atoms with Gasteiger partial charge < -0.3 is 0 Å². The Balaban J connectivity index is 2.48. The zero-order chi connectivity index (χ0) is 4.12. The lowest BCUT2D eigenvalue weighted by Crippen LogP contribution is -1.63. The van der Waals surface area contributed by atoms with Crippen molar-refractivity contribution in [2.45, 2.75) is 0 Å². The van der Waals surface area contributed by atoms with Gasteiger partial charge in [-0.15, -0.1) is 0 Å². The number of nitriles is 1. The van der Waals surface area contributed by atoms with Crippen molar-refractivity contribution in [2.75, 3.05) is 0 Å². The monoisotopic (exact) mass is 106 g/mol. The van der Waals surface area contributed by atoms with Crippen molar-refractivity contribution in [3.8, 4) is 5.40 Å². The van der Waals surface area contributed by atoms with E-state index in [9.17, 15) is 0 Å². The van der Waals surface area contributed by atoms with E-state index in [0.717, 1.165) is 21.8 Å². The first-order valence-electron chi connectivity index (χ1n) is 0.830. The molecule has 0 aromatic rings. The van der Waals surface area contributed by atoms with E-state index in [1.165, 1.54) is 0 Å². The molecule has 0 unspecified atom stereocenters. The second-order valence-corrected chi connectivity index (χ2v) is 1.89. The third-order valence-electron chi connectivity index (χ3n) is 0.0854. The molecule has 0 radical (unpaired) electrons. The van der Waals surface area contributed by atoms with Gasteiger partial charge in [-0.25, -0.2) is 0 Å². The smallest absolute Gasteiger partial charge is 0.146 e. The highest BCUT2D eigenvalue weighted by atomic mass is 33.1. The number of hydrogen-bond acceptors (Lipinski definition) is 4.